The van der Waals surface area contributed by atoms with E-state index in [2.05, 4.69) is 4.72 Å². The van der Waals surface area contributed by atoms with E-state index in [1.165, 1.54) is 18.9 Å². The van der Waals surface area contributed by atoms with E-state index in [9.17, 15) is 23.1 Å². The maximum absolute atomic E-state index is 12.8. The Bertz CT molecular complexity index is 784. The van der Waals surface area contributed by atoms with Crippen LogP contribution in [0.1, 0.15) is 35.4 Å². The summed E-state index contributed by atoms with van der Waals surface area (Å²) in [6, 6.07) is 0.305. The zero-order valence-corrected chi connectivity index (χ0v) is 14.3. The topological polar surface area (TPSA) is 117 Å². The number of aliphatic carboxylic acids is 1. The first kappa shape index (κ1) is 17.0. The van der Waals surface area contributed by atoms with Gasteiger partial charge in [0, 0.05) is 12.6 Å². The molecule has 1 aliphatic carbocycles. The van der Waals surface area contributed by atoms with E-state index in [0.29, 0.717) is 6.54 Å². The van der Waals surface area contributed by atoms with Crippen LogP contribution in [0.15, 0.2) is 15.6 Å². The zero-order chi connectivity index (χ0) is 17.6. The lowest BCUT2D eigenvalue weighted by atomic mass is 9.94. The molecule has 132 valence electrons. The number of nitrogens with zero attached hydrogens (tertiary/aromatic N) is 1. The van der Waals surface area contributed by atoms with Crippen LogP contribution in [0.3, 0.4) is 0 Å². The third-order valence-electron chi connectivity index (χ3n) is 5.06. The normalized spacial score (nSPS) is 26.6. The summed E-state index contributed by atoms with van der Waals surface area (Å²) in [6.45, 7) is 1.88. The van der Waals surface area contributed by atoms with Crippen molar-refractivity contribution in [1.29, 1.82) is 0 Å². The Morgan fingerprint density at radius 3 is 2.71 bits per heavy atom. The van der Waals surface area contributed by atoms with Gasteiger partial charge in [0.05, 0.1) is 5.56 Å². The molecule has 0 bridgehead atoms. The van der Waals surface area contributed by atoms with E-state index in [1.54, 1.807) is 0 Å². The van der Waals surface area contributed by atoms with Crippen LogP contribution in [0, 0.1) is 18.8 Å². The lowest BCUT2D eigenvalue weighted by molar-refractivity contribution is -0.142. The number of sulfonamides is 1. The minimum absolute atomic E-state index is 0.0285. The molecule has 2 aliphatic rings. The smallest absolute Gasteiger partial charge is 0.326 e. The van der Waals surface area contributed by atoms with Crippen molar-refractivity contribution in [1.82, 2.24) is 9.62 Å². The van der Waals surface area contributed by atoms with Crippen LogP contribution in [0.2, 0.25) is 0 Å². The van der Waals surface area contributed by atoms with Crippen molar-refractivity contribution in [2.24, 2.45) is 11.8 Å². The number of hydrogen-bond acceptors (Lipinski definition) is 5. The fourth-order valence-corrected chi connectivity index (χ4v) is 4.59. The van der Waals surface area contributed by atoms with E-state index in [4.69, 9.17) is 4.42 Å². The van der Waals surface area contributed by atoms with Gasteiger partial charge in [0.2, 0.25) is 5.09 Å². The van der Waals surface area contributed by atoms with Crippen molar-refractivity contribution in [2.75, 3.05) is 13.6 Å². The summed E-state index contributed by atoms with van der Waals surface area (Å²) in [5.41, 5.74) is 0.0926. The number of nitrogens with one attached hydrogen (secondary N) is 1. The Hall–Kier alpha value is -1.87. The Kier molecular flexibility index (Phi) is 4.16. The predicted molar refractivity (Wildman–Crippen MR) is 83.0 cm³/mol. The number of carboxylic acid groups (broad SMARTS) is 1. The first-order valence-corrected chi connectivity index (χ1v) is 9.32. The molecule has 2 N–H and O–H groups in total. The highest BCUT2D eigenvalue weighted by atomic mass is 32.2. The van der Waals surface area contributed by atoms with E-state index in [-0.39, 0.29) is 28.3 Å². The minimum atomic E-state index is -3.81. The molecule has 3 unspecified atom stereocenters. The number of carbonyl (C=O) groups excluding carboxylic acids is 1. The highest BCUT2D eigenvalue weighted by Gasteiger charge is 2.50. The summed E-state index contributed by atoms with van der Waals surface area (Å²) in [4.78, 5) is 25.8. The number of fused-ring (bicyclic) bond motifs is 1. The van der Waals surface area contributed by atoms with E-state index in [1.807, 2.05) is 0 Å². The molecule has 0 spiro atoms. The van der Waals surface area contributed by atoms with Crippen LogP contribution in [0.25, 0.3) is 0 Å². The number of carbonyl (C=O) groups is 2. The SMILES string of the molecule is CNS(=O)(=O)c1cc(C(=O)N2CC3CCCC3C2C(=O)O)c(C)o1. The van der Waals surface area contributed by atoms with Gasteiger partial charge in [-0.15, -0.1) is 0 Å². The average molecular weight is 356 g/mol. The first-order chi connectivity index (χ1) is 11.3. The van der Waals surface area contributed by atoms with Crippen molar-refractivity contribution in [2.45, 2.75) is 37.3 Å². The number of likely N-dealkylation sites (tertiary alicyclic amines) is 1. The second-order valence-electron chi connectivity index (χ2n) is 6.34. The molecule has 8 nitrogen and oxygen atoms in total. The van der Waals surface area contributed by atoms with Crippen molar-refractivity contribution < 1.29 is 27.5 Å². The molecule has 1 amide bonds. The van der Waals surface area contributed by atoms with Crippen LogP contribution in [-0.2, 0) is 14.8 Å². The molecular weight excluding hydrogens is 336 g/mol. The van der Waals surface area contributed by atoms with Gasteiger partial charge in [0.1, 0.15) is 11.8 Å². The molecule has 1 aliphatic heterocycles. The van der Waals surface area contributed by atoms with Crippen LogP contribution in [0.5, 0.6) is 0 Å². The quantitative estimate of drug-likeness (QED) is 0.825. The lowest BCUT2D eigenvalue weighted by Crippen LogP contribution is -2.43. The standard InChI is InChI=1S/C15H20N2O6S/c1-8-11(6-12(23-8)24(21,22)16-2)14(18)17-7-9-4-3-5-10(9)13(17)15(19)20/h6,9-10,13,16H,3-5,7H2,1-2H3,(H,19,20). The molecule has 0 aromatic carbocycles. The van der Waals surface area contributed by atoms with Crippen molar-refractivity contribution in [3.05, 3.63) is 17.4 Å². The van der Waals surface area contributed by atoms with E-state index < -0.39 is 27.9 Å². The maximum Gasteiger partial charge on any atom is 0.326 e. The Morgan fingerprint density at radius 2 is 2.08 bits per heavy atom. The molecule has 1 aromatic heterocycles. The summed E-state index contributed by atoms with van der Waals surface area (Å²) in [7, 11) is -2.56. The lowest BCUT2D eigenvalue weighted by Gasteiger charge is -2.24. The molecule has 3 atom stereocenters. The minimum Gasteiger partial charge on any atom is -0.480 e. The Morgan fingerprint density at radius 1 is 1.38 bits per heavy atom. The summed E-state index contributed by atoms with van der Waals surface area (Å²) in [6.07, 6.45) is 2.70. The van der Waals surface area contributed by atoms with E-state index >= 15 is 0 Å². The summed E-state index contributed by atoms with van der Waals surface area (Å²) >= 11 is 0. The second-order valence-corrected chi connectivity index (χ2v) is 8.16. The van der Waals surface area contributed by atoms with Crippen LogP contribution >= 0.6 is 0 Å². The van der Waals surface area contributed by atoms with Crippen molar-refractivity contribution >= 4 is 21.9 Å². The molecule has 1 saturated carbocycles. The van der Waals surface area contributed by atoms with Gasteiger partial charge in [0.15, 0.2) is 0 Å². The highest BCUT2D eigenvalue weighted by molar-refractivity contribution is 7.89. The zero-order valence-electron chi connectivity index (χ0n) is 13.5. The molecule has 3 rings (SSSR count). The third kappa shape index (κ3) is 2.61. The number of aryl methyl sites for hydroxylation is 1. The largest absolute Gasteiger partial charge is 0.480 e. The molecule has 0 radical (unpaired) electrons. The van der Waals surface area contributed by atoms with Crippen LogP contribution in [0.4, 0.5) is 0 Å². The van der Waals surface area contributed by atoms with Crippen molar-refractivity contribution in [3.63, 3.8) is 0 Å². The molecule has 9 heteroatoms. The van der Waals surface area contributed by atoms with Gasteiger partial charge in [-0.05, 0) is 38.6 Å². The van der Waals surface area contributed by atoms with Gasteiger partial charge in [-0.3, -0.25) is 4.79 Å². The van der Waals surface area contributed by atoms with Crippen LogP contribution < -0.4 is 4.72 Å². The maximum atomic E-state index is 12.8. The average Bonchev–Trinajstić information content (AvgIpc) is 3.19. The monoisotopic (exact) mass is 356 g/mol. The van der Waals surface area contributed by atoms with Crippen LogP contribution in [-0.4, -0.2) is 49.9 Å². The number of amides is 1. The van der Waals surface area contributed by atoms with Gasteiger partial charge in [0.25, 0.3) is 15.9 Å². The second kappa shape index (κ2) is 5.89. The summed E-state index contributed by atoms with van der Waals surface area (Å²) in [5, 5.41) is 9.20. The van der Waals surface area contributed by atoms with Gasteiger partial charge in [-0.1, -0.05) is 6.42 Å². The number of hydrogen-bond donors (Lipinski definition) is 2. The first-order valence-electron chi connectivity index (χ1n) is 7.84. The predicted octanol–water partition coefficient (Wildman–Crippen LogP) is 0.821. The Balaban J connectivity index is 1.93. The number of furan rings is 1. The molecule has 24 heavy (non-hydrogen) atoms. The highest BCUT2D eigenvalue weighted by Crippen LogP contribution is 2.43. The fourth-order valence-electron chi connectivity index (χ4n) is 3.89. The summed E-state index contributed by atoms with van der Waals surface area (Å²) in [5.74, 6) is -1.17. The molecule has 1 aromatic rings. The molecule has 2 heterocycles. The van der Waals surface area contributed by atoms with Crippen molar-refractivity contribution in [3.8, 4) is 0 Å². The van der Waals surface area contributed by atoms with E-state index in [0.717, 1.165) is 25.3 Å². The number of rotatable bonds is 4. The van der Waals surface area contributed by atoms with Gasteiger partial charge >= 0.3 is 5.97 Å². The molecule has 1 saturated heterocycles. The van der Waals surface area contributed by atoms with Gasteiger partial charge in [-0.2, -0.15) is 0 Å². The molecular formula is C15H20N2O6S. The van der Waals surface area contributed by atoms with Gasteiger partial charge in [-0.25, -0.2) is 17.9 Å². The molecule has 2 fully saturated rings. The third-order valence-corrected chi connectivity index (χ3v) is 6.33. The summed E-state index contributed by atoms with van der Waals surface area (Å²) < 4.78 is 31.0. The van der Waals surface area contributed by atoms with Gasteiger partial charge < -0.3 is 14.4 Å². The Labute approximate surface area is 139 Å². The fraction of sp³-hybridized carbons (Fsp3) is 0.600. The number of carboxylic acids is 1.